The molecule has 0 atom stereocenters. The predicted molar refractivity (Wildman–Crippen MR) is 48.9 cm³/mol. The second-order valence-corrected chi connectivity index (χ2v) is 2.84. The summed E-state index contributed by atoms with van der Waals surface area (Å²) in [6.07, 6.45) is 1.78. The van der Waals surface area contributed by atoms with E-state index in [4.69, 9.17) is 10.3 Å². The Hall–Kier alpha value is -1.84. The standard InChI is InChI=1S/C9H9N3O/c1-6-2-3-7(11-5-6)8-4-9(10)13-12-8/h2-5H,10H2,1H3. The highest BCUT2D eigenvalue weighted by molar-refractivity contribution is 5.56. The van der Waals surface area contributed by atoms with Gasteiger partial charge in [0.05, 0.1) is 5.69 Å². The highest BCUT2D eigenvalue weighted by Gasteiger charge is 2.04. The van der Waals surface area contributed by atoms with Gasteiger partial charge in [-0.15, -0.1) is 0 Å². The van der Waals surface area contributed by atoms with Crippen LogP contribution in [-0.2, 0) is 0 Å². The van der Waals surface area contributed by atoms with Crippen LogP contribution in [0.4, 0.5) is 5.88 Å². The predicted octanol–water partition coefficient (Wildman–Crippen LogP) is 1.63. The number of nitrogens with two attached hydrogens (primary N) is 1. The molecule has 0 amide bonds. The topological polar surface area (TPSA) is 64.9 Å². The third-order valence-corrected chi connectivity index (χ3v) is 1.70. The lowest BCUT2D eigenvalue weighted by Crippen LogP contribution is -1.83. The average molecular weight is 175 g/mol. The van der Waals surface area contributed by atoms with Crippen LogP contribution in [-0.4, -0.2) is 10.1 Å². The van der Waals surface area contributed by atoms with E-state index in [0.717, 1.165) is 11.3 Å². The molecule has 0 aliphatic rings. The lowest BCUT2D eigenvalue weighted by atomic mass is 10.2. The van der Waals surface area contributed by atoms with Crippen molar-refractivity contribution in [2.45, 2.75) is 6.92 Å². The van der Waals surface area contributed by atoms with Crippen molar-refractivity contribution < 1.29 is 4.52 Å². The Morgan fingerprint density at radius 1 is 1.31 bits per heavy atom. The number of nitrogens with zero attached hydrogens (tertiary/aromatic N) is 2. The summed E-state index contributed by atoms with van der Waals surface area (Å²) < 4.78 is 4.74. The number of aryl methyl sites for hydroxylation is 1. The number of hydrogen-bond donors (Lipinski definition) is 1. The first-order valence-electron chi connectivity index (χ1n) is 3.91. The van der Waals surface area contributed by atoms with Gasteiger partial charge in [0.25, 0.3) is 0 Å². The number of hydrogen-bond acceptors (Lipinski definition) is 4. The van der Waals surface area contributed by atoms with E-state index in [1.165, 1.54) is 0 Å². The molecule has 2 aromatic heterocycles. The van der Waals surface area contributed by atoms with E-state index >= 15 is 0 Å². The molecule has 2 heterocycles. The molecular weight excluding hydrogens is 166 g/mol. The summed E-state index contributed by atoms with van der Waals surface area (Å²) in [7, 11) is 0. The monoisotopic (exact) mass is 175 g/mol. The molecule has 0 aliphatic heterocycles. The average Bonchev–Trinajstić information content (AvgIpc) is 2.53. The van der Waals surface area contributed by atoms with Crippen molar-refractivity contribution >= 4 is 5.88 Å². The van der Waals surface area contributed by atoms with Gasteiger partial charge in [0.2, 0.25) is 5.88 Å². The Kier molecular flexibility index (Phi) is 1.73. The minimum absolute atomic E-state index is 0.303. The molecule has 2 rings (SSSR count). The molecule has 0 aliphatic carbocycles. The lowest BCUT2D eigenvalue weighted by molar-refractivity contribution is 0.439. The van der Waals surface area contributed by atoms with Gasteiger partial charge in [0.1, 0.15) is 5.69 Å². The first-order chi connectivity index (χ1) is 6.25. The minimum Gasteiger partial charge on any atom is -0.368 e. The molecule has 0 saturated carbocycles. The van der Waals surface area contributed by atoms with Gasteiger partial charge in [0.15, 0.2) is 0 Å². The van der Waals surface area contributed by atoms with Crippen LogP contribution in [0.15, 0.2) is 28.9 Å². The van der Waals surface area contributed by atoms with Gasteiger partial charge in [-0.25, -0.2) is 0 Å². The SMILES string of the molecule is Cc1ccc(-c2cc(N)on2)nc1. The van der Waals surface area contributed by atoms with Gasteiger partial charge in [0, 0.05) is 12.3 Å². The van der Waals surface area contributed by atoms with Gasteiger partial charge in [-0.2, -0.15) is 0 Å². The first kappa shape index (κ1) is 7.79. The van der Waals surface area contributed by atoms with Gasteiger partial charge in [-0.05, 0) is 18.6 Å². The van der Waals surface area contributed by atoms with Crippen molar-refractivity contribution in [1.29, 1.82) is 0 Å². The van der Waals surface area contributed by atoms with Crippen LogP contribution in [0.3, 0.4) is 0 Å². The second-order valence-electron chi connectivity index (χ2n) is 2.84. The zero-order valence-electron chi connectivity index (χ0n) is 7.19. The molecule has 66 valence electrons. The van der Waals surface area contributed by atoms with Crippen molar-refractivity contribution in [2.24, 2.45) is 0 Å². The fourth-order valence-corrected chi connectivity index (χ4v) is 1.03. The van der Waals surface area contributed by atoms with Crippen molar-refractivity contribution in [3.05, 3.63) is 30.0 Å². The third-order valence-electron chi connectivity index (χ3n) is 1.70. The normalized spacial score (nSPS) is 10.2. The van der Waals surface area contributed by atoms with E-state index in [9.17, 15) is 0 Å². The quantitative estimate of drug-likeness (QED) is 0.715. The molecule has 0 fully saturated rings. The molecule has 4 heteroatoms. The number of nitrogen functional groups attached to an aromatic ring is 1. The van der Waals surface area contributed by atoms with Crippen molar-refractivity contribution in [3.8, 4) is 11.4 Å². The largest absolute Gasteiger partial charge is 0.368 e. The fraction of sp³-hybridized carbons (Fsp3) is 0.111. The summed E-state index contributed by atoms with van der Waals surface area (Å²) in [6, 6.07) is 5.50. The highest BCUT2D eigenvalue weighted by atomic mass is 16.5. The smallest absolute Gasteiger partial charge is 0.222 e. The molecule has 0 saturated heterocycles. The summed E-state index contributed by atoms with van der Waals surface area (Å²) in [5, 5.41) is 3.75. The molecule has 2 aromatic rings. The van der Waals surface area contributed by atoms with Crippen LogP contribution in [0.5, 0.6) is 0 Å². The molecule has 0 aromatic carbocycles. The van der Waals surface area contributed by atoms with Crippen LogP contribution in [0.2, 0.25) is 0 Å². The lowest BCUT2D eigenvalue weighted by Gasteiger charge is -1.93. The van der Waals surface area contributed by atoms with Crippen molar-refractivity contribution in [3.63, 3.8) is 0 Å². The maximum Gasteiger partial charge on any atom is 0.222 e. The molecule has 2 N–H and O–H groups in total. The molecular formula is C9H9N3O. The van der Waals surface area contributed by atoms with E-state index in [2.05, 4.69) is 10.1 Å². The van der Waals surface area contributed by atoms with Gasteiger partial charge < -0.3 is 10.3 Å². The Morgan fingerprint density at radius 3 is 2.69 bits per heavy atom. The van der Waals surface area contributed by atoms with Crippen LogP contribution >= 0.6 is 0 Å². The summed E-state index contributed by atoms with van der Waals surface area (Å²) in [4.78, 5) is 4.18. The number of rotatable bonds is 1. The summed E-state index contributed by atoms with van der Waals surface area (Å²) in [6.45, 7) is 1.98. The Bertz CT molecular complexity index is 405. The maximum atomic E-state index is 5.39. The molecule has 0 spiro atoms. The van der Waals surface area contributed by atoms with Gasteiger partial charge >= 0.3 is 0 Å². The van der Waals surface area contributed by atoms with Gasteiger partial charge in [-0.3, -0.25) is 4.98 Å². The van der Waals surface area contributed by atoms with Gasteiger partial charge in [-0.1, -0.05) is 11.2 Å². The second kappa shape index (κ2) is 2.90. The van der Waals surface area contributed by atoms with E-state index in [1.807, 2.05) is 19.1 Å². The van der Waals surface area contributed by atoms with Crippen molar-refractivity contribution in [2.75, 3.05) is 5.73 Å². The Balaban J connectivity index is 2.41. The fourth-order valence-electron chi connectivity index (χ4n) is 1.03. The van der Waals surface area contributed by atoms with Crippen LogP contribution in [0.25, 0.3) is 11.4 Å². The van der Waals surface area contributed by atoms with Crippen LogP contribution < -0.4 is 5.73 Å². The molecule has 13 heavy (non-hydrogen) atoms. The Morgan fingerprint density at radius 2 is 2.15 bits per heavy atom. The molecule has 0 unspecified atom stereocenters. The number of aromatic nitrogens is 2. The van der Waals surface area contributed by atoms with E-state index < -0.39 is 0 Å². The van der Waals surface area contributed by atoms with Crippen LogP contribution in [0.1, 0.15) is 5.56 Å². The third kappa shape index (κ3) is 1.51. The summed E-state index contributed by atoms with van der Waals surface area (Å²) in [5.41, 5.74) is 7.93. The maximum absolute atomic E-state index is 5.39. The highest BCUT2D eigenvalue weighted by Crippen LogP contribution is 2.17. The minimum atomic E-state index is 0.303. The van der Waals surface area contributed by atoms with Crippen LogP contribution in [0, 0.1) is 6.92 Å². The van der Waals surface area contributed by atoms with E-state index in [0.29, 0.717) is 11.6 Å². The zero-order valence-corrected chi connectivity index (χ0v) is 7.19. The molecule has 0 bridgehead atoms. The summed E-state index contributed by atoms with van der Waals surface area (Å²) >= 11 is 0. The zero-order chi connectivity index (χ0) is 9.26. The number of pyridine rings is 1. The summed E-state index contributed by atoms with van der Waals surface area (Å²) in [5.74, 6) is 0.303. The van der Waals surface area contributed by atoms with Crippen molar-refractivity contribution in [1.82, 2.24) is 10.1 Å². The first-order valence-corrected chi connectivity index (χ1v) is 3.91. The van der Waals surface area contributed by atoms with E-state index in [1.54, 1.807) is 12.3 Å². The Labute approximate surface area is 75.4 Å². The molecule has 4 nitrogen and oxygen atoms in total. The molecule has 0 radical (unpaired) electrons. The van der Waals surface area contributed by atoms with E-state index in [-0.39, 0.29) is 0 Å². The number of anilines is 1.